The van der Waals surface area contributed by atoms with Gasteiger partial charge in [0.25, 0.3) is 0 Å². The normalized spacial score (nSPS) is 12.8. The minimum Gasteiger partial charge on any atom is -0.508 e. The molecule has 0 saturated carbocycles. The Bertz CT molecular complexity index is 410. The predicted octanol–water partition coefficient (Wildman–Crippen LogP) is 0.453. The third-order valence-electron chi connectivity index (χ3n) is 2.34. The first-order valence-electron chi connectivity index (χ1n) is 5.79. The van der Waals surface area contributed by atoms with Gasteiger partial charge < -0.3 is 20.4 Å². The van der Waals surface area contributed by atoms with Crippen LogP contribution < -0.4 is 5.32 Å². The molecule has 0 aromatic heterocycles. The molecule has 5 nitrogen and oxygen atoms in total. The molecule has 1 rings (SSSR count). The van der Waals surface area contributed by atoms with Gasteiger partial charge >= 0.3 is 0 Å². The van der Waals surface area contributed by atoms with E-state index in [1.807, 2.05) is 20.8 Å². The van der Waals surface area contributed by atoms with Gasteiger partial charge in [-0.2, -0.15) is 0 Å². The van der Waals surface area contributed by atoms with Crippen molar-refractivity contribution in [3.63, 3.8) is 0 Å². The second-order valence-corrected chi connectivity index (χ2v) is 5.49. The van der Waals surface area contributed by atoms with Crippen molar-refractivity contribution in [3.05, 3.63) is 29.3 Å². The average molecular weight is 255 g/mol. The van der Waals surface area contributed by atoms with Crippen molar-refractivity contribution in [1.29, 1.82) is 0 Å². The highest BCUT2D eigenvalue weighted by atomic mass is 16.5. The zero-order chi connectivity index (χ0) is 14.0. The van der Waals surface area contributed by atoms with Gasteiger partial charge in [0.2, 0.25) is 5.91 Å². The molecule has 0 aliphatic heterocycles. The third kappa shape index (κ3) is 4.62. The molecular weight excluding hydrogens is 234 g/mol. The van der Waals surface area contributed by atoms with Crippen molar-refractivity contribution in [3.8, 4) is 5.75 Å². The van der Waals surface area contributed by atoms with Crippen LogP contribution >= 0.6 is 0 Å². The number of hydrogen-bond donors (Lipinski definition) is 5. The first-order valence-corrected chi connectivity index (χ1v) is 5.79. The maximum atomic E-state index is 9.86. The molecule has 0 heterocycles. The van der Waals surface area contributed by atoms with Gasteiger partial charge in [0.05, 0.1) is 6.61 Å². The summed E-state index contributed by atoms with van der Waals surface area (Å²) >= 11 is 0. The van der Waals surface area contributed by atoms with Crippen LogP contribution in [0.2, 0.25) is 0 Å². The summed E-state index contributed by atoms with van der Waals surface area (Å²) in [6, 6.07) is 4.55. The summed E-state index contributed by atoms with van der Waals surface area (Å²) in [5.74, 6) is -2.05. The summed E-state index contributed by atoms with van der Waals surface area (Å²) in [5, 5.41) is 40.8. The predicted molar refractivity (Wildman–Crippen MR) is 67.8 cm³/mol. The van der Waals surface area contributed by atoms with Crippen molar-refractivity contribution < 1.29 is 20.4 Å². The summed E-state index contributed by atoms with van der Waals surface area (Å²) in [5.41, 5.74) is 0.526. The van der Waals surface area contributed by atoms with Gasteiger partial charge in [-0.25, -0.2) is 0 Å². The lowest BCUT2D eigenvalue weighted by atomic mass is 10.0. The smallest absolute Gasteiger partial charge is 0.226 e. The fraction of sp³-hybridized carbons (Fsp3) is 0.538. The number of rotatable bonds is 4. The van der Waals surface area contributed by atoms with E-state index in [-0.39, 0.29) is 18.8 Å². The number of nitrogens with one attached hydrogen (secondary N) is 1. The zero-order valence-corrected chi connectivity index (χ0v) is 10.9. The summed E-state index contributed by atoms with van der Waals surface area (Å²) in [4.78, 5) is 0. The molecule has 18 heavy (non-hydrogen) atoms. The van der Waals surface area contributed by atoms with E-state index in [2.05, 4.69) is 5.32 Å². The van der Waals surface area contributed by atoms with E-state index in [1.54, 1.807) is 12.1 Å². The van der Waals surface area contributed by atoms with E-state index in [4.69, 9.17) is 5.11 Å². The van der Waals surface area contributed by atoms with Crippen molar-refractivity contribution in [2.45, 2.75) is 45.2 Å². The Morgan fingerprint density at radius 3 is 2.28 bits per heavy atom. The molecule has 0 aliphatic rings. The van der Waals surface area contributed by atoms with Crippen LogP contribution in [0.25, 0.3) is 0 Å². The minimum atomic E-state index is -2.04. The molecule has 0 spiro atoms. The monoisotopic (exact) mass is 255 g/mol. The van der Waals surface area contributed by atoms with Crippen molar-refractivity contribution in [1.82, 2.24) is 5.32 Å². The summed E-state index contributed by atoms with van der Waals surface area (Å²) < 4.78 is 0. The van der Waals surface area contributed by atoms with Crippen LogP contribution in [0.3, 0.4) is 0 Å². The van der Waals surface area contributed by atoms with Crippen molar-refractivity contribution in [2.24, 2.45) is 0 Å². The standard InChI is InChI=1S/C13H21NO4/c1-12(2,3)14-13(17,18)7-9-4-5-11(16)10(6-9)8-15/h4-6,14-18H,7-8H2,1-3H3. The highest BCUT2D eigenvalue weighted by Gasteiger charge is 2.28. The fourth-order valence-corrected chi connectivity index (χ4v) is 1.80. The van der Waals surface area contributed by atoms with E-state index >= 15 is 0 Å². The Hall–Kier alpha value is -1.14. The molecule has 0 atom stereocenters. The quantitative estimate of drug-likeness (QED) is 0.504. The van der Waals surface area contributed by atoms with Gasteiger partial charge in [0.1, 0.15) is 5.75 Å². The maximum absolute atomic E-state index is 9.86. The first kappa shape index (κ1) is 14.9. The van der Waals surface area contributed by atoms with Gasteiger partial charge in [-0.1, -0.05) is 6.07 Å². The van der Waals surface area contributed by atoms with E-state index in [0.29, 0.717) is 11.1 Å². The molecule has 5 N–H and O–H groups in total. The summed E-state index contributed by atoms with van der Waals surface area (Å²) in [7, 11) is 0. The van der Waals surface area contributed by atoms with E-state index < -0.39 is 11.4 Å². The van der Waals surface area contributed by atoms with Gasteiger partial charge in [0, 0.05) is 17.5 Å². The number of benzene rings is 1. The SMILES string of the molecule is CC(C)(C)NC(O)(O)Cc1ccc(O)c(CO)c1. The average Bonchev–Trinajstić information content (AvgIpc) is 2.16. The fourth-order valence-electron chi connectivity index (χ4n) is 1.80. The lowest BCUT2D eigenvalue weighted by molar-refractivity contribution is -0.195. The molecular formula is C13H21NO4. The summed E-state index contributed by atoms with van der Waals surface area (Å²) in [6.07, 6.45) is -0.0441. The molecule has 0 aliphatic carbocycles. The number of phenols is 1. The van der Waals surface area contributed by atoms with E-state index in [9.17, 15) is 15.3 Å². The molecule has 0 radical (unpaired) electrons. The summed E-state index contributed by atoms with van der Waals surface area (Å²) in [6.45, 7) is 5.18. The first-order chi connectivity index (χ1) is 8.13. The van der Waals surface area contributed by atoms with Gasteiger partial charge in [0.15, 0.2) is 0 Å². The molecule has 1 aromatic rings. The van der Waals surface area contributed by atoms with Crippen LogP contribution in [0.5, 0.6) is 5.75 Å². The lowest BCUT2D eigenvalue weighted by Gasteiger charge is -2.32. The molecule has 1 aromatic carbocycles. The van der Waals surface area contributed by atoms with Crippen LogP contribution in [0, 0.1) is 0 Å². The van der Waals surface area contributed by atoms with Crippen LogP contribution in [-0.4, -0.2) is 31.9 Å². The second-order valence-electron chi connectivity index (χ2n) is 5.49. The topological polar surface area (TPSA) is 93.0 Å². The van der Waals surface area contributed by atoms with Crippen LogP contribution in [0.15, 0.2) is 18.2 Å². The molecule has 0 unspecified atom stereocenters. The number of aliphatic hydroxyl groups is 3. The molecule has 5 heteroatoms. The minimum absolute atomic E-state index is 0.00786. The Labute approximate surface area is 107 Å². The maximum Gasteiger partial charge on any atom is 0.226 e. The van der Waals surface area contributed by atoms with Crippen molar-refractivity contribution >= 4 is 0 Å². The Balaban J connectivity index is 2.84. The van der Waals surface area contributed by atoms with Crippen molar-refractivity contribution in [2.75, 3.05) is 0 Å². The van der Waals surface area contributed by atoms with Crippen LogP contribution in [0.1, 0.15) is 31.9 Å². The van der Waals surface area contributed by atoms with E-state index in [1.165, 1.54) is 6.07 Å². The number of aromatic hydroxyl groups is 1. The number of hydrogen-bond acceptors (Lipinski definition) is 5. The van der Waals surface area contributed by atoms with Crippen LogP contribution in [0.4, 0.5) is 0 Å². The molecule has 0 bridgehead atoms. The van der Waals surface area contributed by atoms with Gasteiger partial charge in [-0.05, 0) is 38.5 Å². The third-order valence-corrected chi connectivity index (χ3v) is 2.34. The highest BCUT2D eigenvalue weighted by molar-refractivity contribution is 5.36. The molecule has 0 saturated heterocycles. The lowest BCUT2D eigenvalue weighted by Crippen LogP contribution is -2.55. The zero-order valence-electron chi connectivity index (χ0n) is 10.9. The van der Waals surface area contributed by atoms with Gasteiger partial charge in [-0.15, -0.1) is 0 Å². The second kappa shape index (κ2) is 5.24. The highest BCUT2D eigenvalue weighted by Crippen LogP contribution is 2.21. The molecule has 0 amide bonds. The Morgan fingerprint density at radius 2 is 1.78 bits per heavy atom. The molecule has 102 valence electrons. The molecule has 0 fully saturated rings. The van der Waals surface area contributed by atoms with Gasteiger partial charge in [-0.3, -0.25) is 5.32 Å². The van der Waals surface area contributed by atoms with Crippen LogP contribution in [-0.2, 0) is 13.0 Å². The van der Waals surface area contributed by atoms with E-state index in [0.717, 1.165) is 0 Å². The Morgan fingerprint density at radius 1 is 1.17 bits per heavy atom. The number of aliphatic hydroxyl groups excluding tert-OH is 1. The largest absolute Gasteiger partial charge is 0.508 e. The Kier molecular flexibility index (Phi) is 4.34.